The maximum atomic E-state index is 6.42. The Morgan fingerprint density at radius 1 is 1.25 bits per heavy atom. The summed E-state index contributed by atoms with van der Waals surface area (Å²) >= 11 is 6.42. The second kappa shape index (κ2) is 5.88. The zero-order valence-corrected chi connectivity index (χ0v) is 12.4. The fourth-order valence-corrected chi connectivity index (χ4v) is 3.17. The van der Waals surface area contributed by atoms with Gasteiger partial charge in [-0.15, -0.1) is 11.6 Å². The molecule has 1 heterocycles. The van der Waals surface area contributed by atoms with Crippen LogP contribution in [0.3, 0.4) is 0 Å². The molecule has 1 aromatic heterocycles. The van der Waals surface area contributed by atoms with Crippen molar-refractivity contribution in [2.45, 2.75) is 37.1 Å². The molecule has 2 atom stereocenters. The SMILES string of the molecule is COc1ccc2c(NC3CCCCC3Cl)nccc2c1. The molecule has 106 valence electrons. The zero-order valence-electron chi connectivity index (χ0n) is 11.6. The number of ether oxygens (including phenoxy) is 1. The van der Waals surface area contributed by atoms with Crippen molar-refractivity contribution in [3.05, 3.63) is 30.5 Å². The Morgan fingerprint density at radius 2 is 2.10 bits per heavy atom. The van der Waals surface area contributed by atoms with Crippen molar-refractivity contribution >= 4 is 28.2 Å². The molecule has 1 saturated carbocycles. The summed E-state index contributed by atoms with van der Waals surface area (Å²) in [5, 5.41) is 5.96. The number of hydrogen-bond acceptors (Lipinski definition) is 3. The van der Waals surface area contributed by atoms with Gasteiger partial charge in [-0.05, 0) is 42.5 Å². The first kappa shape index (κ1) is 13.5. The summed E-state index contributed by atoms with van der Waals surface area (Å²) in [6, 6.07) is 8.36. The molecule has 3 nitrogen and oxygen atoms in total. The van der Waals surface area contributed by atoms with Crippen LogP contribution in [0.1, 0.15) is 25.7 Å². The number of fused-ring (bicyclic) bond motifs is 1. The molecule has 1 aliphatic rings. The monoisotopic (exact) mass is 290 g/mol. The highest BCUT2D eigenvalue weighted by Crippen LogP contribution is 2.29. The first-order chi connectivity index (χ1) is 9.78. The van der Waals surface area contributed by atoms with Crippen LogP contribution < -0.4 is 10.1 Å². The highest BCUT2D eigenvalue weighted by molar-refractivity contribution is 6.21. The number of pyridine rings is 1. The Bertz CT molecular complexity index is 602. The van der Waals surface area contributed by atoms with E-state index < -0.39 is 0 Å². The van der Waals surface area contributed by atoms with Gasteiger partial charge in [-0.1, -0.05) is 12.8 Å². The number of hydrogen-bond donors (Lipinski definition) is 1. The summed E-state index contributed by atoms with van der Waals surface area (Å²) in [4.78, 5) is 4.48. The van der Waals surface area contributed by atoms with Crippen LogP contribution in [-0.4, -0.2) is 23.5 Å². The van der Waals surface area contributed by atoms with E-state index in [9.17, 15) is 0 Å². The van der Waals surface area contributed by atoms with E-state index >= 15 is 0 Å². The number of methoxy groups -OCH3 is 1. The van der Waals surface area contributed by atoms with Gasteiger partial charge in [0.1, 0.15) is 11.6 Å². The lowest BCUT2D eigenvalue weighted by atomic mass is 9.95. The van der Waals surface area contributed by atoms with Crippen LogP contribution in [0.15, 0.2) is 30.5 Å². The number of aromatic nitrogens is 1. The third-order valence-corrected chi connectivity index (χ3v) is 4.50. The van der Waals surface area contributed by atoms with Gasteiger partial charge in [0.25, 0.3) is 0 Å². The molecular weight excluding hydrogens is 272 g/mol. The summed E-state index contributed by atoms with van der Waals surface area (Å²) < 4.78 is 5.27. The minimum absolute atomic E-state index is 0.194. The average molecular weight is 291 g/mol. The summed E-state index contributed by atoms with van der Waals surface area (Å²) in [7, 11) is 1.68. The molecule has 20 heavy (non-hydrogen) atoms. The topological polar surface area (TPSA) is 34.1 Å². The van der Waals surface area contributed by atoms with Gasteiger partial charge in [0.2, 0.25) is 0 Å². The smallest absolute Gasteiger partial charge is 0.134 e. The Morgan fingerprint density at radius 3 is 2.90 bits per heavy atom. The molecule has 3 rings (SSSR count). The second-order valence-electron chi connectivity index (χ2n) is 5.30. The molecule has 2 aromatic rings. The van der Waals surface area contributed by atoms with E-state index in [1.54, 1.807) is 7.11 Å². The maximum absolute atomic E-state index is 6.42. The van der Waals surface area contributed by atoms with E-state index in [4.69, 9.17) is 16.3 Å². The van der Waals surface area contributed by atoms with Crippen molar-refractivity contribution < 1.29 is 4.74 Å². The van der Waals surface area contributed by atoms with Gasteiger partial charge >= 0.3 is 0 Å². The van der Waals surface area contributed by atoms with Crippen LogP contribution in [0, 0.1) is 0 Å². The number of halogens is 1. The highest BCUT2D eigenvalue weighted by atomic mass is 35.5. The normalized spacial score (nSPS) is 22.7. The lowest BCUT2D eigenvalue weighted by Crippen LogP contribution is -2.33. The zero-order chi connectivity index (χ0) is 13.9. The van der Waals surface area contributed by atoms with Crippen molar-refractivity contribution in [2.75, 3.05) is 12.4 Å². The molecule has 0 radical (unpaired) electrons. The molecule has 1 aliphatic carbocycles. The number of anilines is 1. The molecule has 4 heteroatoms. The predicted octanol–water partition coefficient (Wildman–Crippen LogP) is 4.21. The number of rotatable bonds is 3. The van der Waals surface area contributed by atoms with Gasteiger partial charge in [-0.3, -0.25) is 0 Å². The van der Waals surface area contributed by atoms with Crippen molar-refractivity contribution in [3.63, 3.8) is 0 Å². The molecule has 0 bridgehead atoms. The number of nitrogens with one attached hydrogen (secondary N) is 1. The molecule has 1 N–H and O–H groups in total. The molecule has 0 spiro atoms. The largest absolute Gasteiger partial charge is 0.497 e. The first-order valence-corrected chi connectivity index (χ1v) is 7.55. The number of alkyl halides is 1. The van der Waals surface area contributed by atoms with E-state index in [0.717, 1.165) is 35.2 Å². The van der Waals surface area contributed by atoms with Crippen LogP contribution in [0.5, 0.6) is 5.75 Å². The fourth-order valence-electron chi connectivity index (χ4n) is 2.82. The Balaban J connectivity index is 1.91. The van der Waals surface area contributed by atoms with Gasteiger partial charge in [0.05, 0.1) is 12.5 Å². The summed E-state index contributed by atoms with van der Waals surface area (Å²) in [6.45, 7) is 0. The lowest BCUT2D eigenvalue weighted by molar-refractivity contribution is 0.415. The second-order valence-corrected chi connectivity index (χ2v) is 5.86. The molecular formula is C16H19ClN2O. The van der Waals surface area contributed by atoms with Crippen LogP contribution in [0.4, 0.5) is 5.82 Å². The van der Waals surface area contributed by atoms with E-state index in [2.05, 4.69) is 16.4 Å². The van der Waals surface area contributed by atoms with Crippen LogP contribution in [0.2, 0.25) is 0 Å². The molecule has 1 aromatic carbocycles. The van der Waals surface area contributed by atoms with E-state index in [1.165, 1.54) is 12.8 Å². The molecule has 0 saturated heterocycles. The molecule has 2 unspecified atom stereocenters. The minimum atomic E-state index is 0.194. The van der Waals surface area contributed by atoms with Gasteiger partial charge in [-0.2, -0.15) is 0 Å². The van der Waals surface area contributed by atoms with Crippen molar-refractivity contribution in [3.8, 4) is 5.75 Å². The van der Waals surface area contributed by atoms with Gasteiger partial charge in [-0.25, -0.2) is 4.98 Å². The highest BCUT2D eigenvalue weighted by Gasteiger charge is 2.23. The first-order valence-electron chi connectivity index (χ1n) is 7.11. The Labute approximate surface area is 124 Å². The van der Waals surface area contributed by atoms with E-state index in [0.29, 0.717) is 6.04 Å². The van der Waals surface area contributed by atoms with Gasteiger partial charge in [0, 0.05) is 17.6 Å². The average Bonchev–Trinajstić information content (AvgIpc) is 2.49. The van der Waals surface area contributed by atoms with Crippen molar-refractivity contribution in [1.82, 2.24) is 4.98 Å². The van der Waals surface area contributed by atoms with Crippen molar-refractivity contribution in [2.24, 2.45) is 0 Å². The minimum Gasteiger partial charge on any atom is -0.497 e. The third-order valence-electron chi connectivity index (χ3n) is 3.98. The Hall–Kier alpha value is -1.48. The number of benzene rings is 1. The summed E-state index contributed by atoms with van der Waals surface area (Å²) in [5.41, 5.74) is 0. The summed E-state index contributed by atoms with van der Waals surface area (Å²) in [6.07, 6.45) is 6.49. The molecule has 1 fully saturated rings. The quantitative estimate of drug-likeness (QED) is 0.860. The van der Waals surface area contributed by atoms with E-state index in [-0.39, 0.29) is 5.38 Å². The molecule has 0 amide bonds. The van der Waals surface area contributed by atoms with Crippen LogP contribution >= 0.6 is 11.6 Å². The fraction of sp³-hybridized carbons (Fsp3) is 0.438. The van der Waals surface area contributed by atoms with Gasteiger partial charge < -0.3 is 10.1 Å². The summed E-state index contributed by atoms with van der Waals surface area (Å²) in [5.74, 6) is 1.78. The lowest BCUT2D eigenvalue weighted by Gasteiger charge is -2.28. The van der Waals surface area contributed by atoms with Gasteiger partial charge in [0.15, 0.2) is 0 Å². The third kappa shape index (κ3) is 2.68. The van der Waals surface area contributed by atoms with Crippen LogP contribution in [-0.2, 0) is 0 Å². The van der Waals surface area contributed by atoms with E-state index in [1.807, 2.05) is 24.4 Å². The maximum Gasteiger partial charge on any atom is 0.134 e. The molecule has 0 aliphatic heterocycles. The predicted molar refractivity (Wildman–Crippen MR) is 83.8 cm³/mol. The Kier molecular flexibility index (Phi) is 3.97. The van der Waals surface area contributed by atoms with Crippen molar-refractivity contribution in [1.29, 1.82) is 0 Å². The number of nitrogens with zero attached hydrogens (tertiary/aromatic N) is 1. The standard InChI is InChI=1S/C16H19ClN2O/c1-20-12-6-7-13-11(10-12)8-9-18-16(13)19-15-5-3-2-4-14(15)17/h6-10,14-15H,2-5H2,1H3,(H,18,19). The van der Waals surface area contributed by atoms with Crippen LogP contribution in [0.25, 0.3) is 10.8 Å².